The highest BCUT2D eigenvalue weighted by Crippen LogP contribution is 2.35. The molecule has 2 atom stereocenters. The number of benzene rings is 1. The lowest BCUT2D eigenvalue weighted by atomic mass is 9.83. The molecule has 0 spiro atoms. The molecule has 2 aliphatic rings. The highest BCUT2D eigenvalue weighted by molar-refractivity contribution is 7.92. The number of likely N-dealkylation sites (tertiary alicyclic amines) is 1. The minimum absolute atomic E-state index is 0.0260. The molecule has 1 aromatic heterocycles. The van der Waals surface area contributed by atoms with Crippen molar-refractivity contribution in [1.29, 1.82) is 0 Å². The van der Waals surface area contributed by atoms with Gasteiger partial charge in [0.15, 0.2) is 0 Å². The zero-order valence-corrected chi connectivity index (χ0v) is 19.0. The second-order valence-electron chi connectivity index (χ2n) is 8.37. The number of sulfonamides is 1. The predicted octanol–water partition coefficient (Wildman–Crippen LogP) is 2.66. The highest BCUT2D eigenvalue weighted by atomic mass is 32.2. The Bertz CT molecular complexity index is 1160. The van der Waals surface area contributed by atoms with Crippen molar-refractivity contribution in [2.45, 2.75) is 32.2 Å². The zero-order valence-electron chi connectivity index (χ0n) is 18.2. The number of amides is 2. The van der Waals surface area contributed by atoms with E-state index in [0.29, 0.717) is 37.5 Å². The van der Waals surface area contributed by atoms with Crippen molar-refractivity contribution in [3.05, 3.63) is 52.4 Å². The number of fused-ring (bicyclic) bond motifs is 4. The number of anilines is 2. The number of rotatable bonds is 6. The molecule has 0 radical (unpaired) electrons. The van der Waals surface area contributed by atoms with Crippen LogP contribution in [0.4, 0.5) is 16.2 Å². The Kier molecular flexibility index (Phi) is 6.14. The molecule has 9 nitrogen and oxygen atoms in total. The molecule has 2 bridgehead atoms. The Morgan fingerprint density at radius 3 is 2.56 bits per heavy atom. The average molecular weight is 461 g/mol. The fourth-order valence-corrected chi connectivity index (χ4v) is 5.68. The molecule has 0 saturated carbocycles. The lowest BCUT2D eigenvalue weighted by molar-refractivity contribution is 0.139. The predicted molar refractivity (Wildman–Crippen MR) is 123 cm³/mol. The number of methoxy groups -OCH3 is 1. The Morgan fingerprint density at radius 1 is 1.12 bits per heavy atom. The number of nitrogens with zero attached hydrogens (tertiary/aromatic N) is 2. The van der Waals surface area contributed by atoms with Crippen LogP contribution in [-0.2, 0) is 16.6 Å². The van der Waals surface area contributed by atoms with Crippen LogP contribution in [0.25, 0.3) is 0 Å². The van der Waals surface area contributed by atoms with E-state index in [1.807, 2.05) is 0 Å². The van der Waals surface area contributed by atoms with Gasteiger partial charge in [-0.15, -0.1) is 0 Å². The Morgan fingerprint density at radius 2 is 1.88 bits per heavy atom. The lowest BCUT2D eigenvalue weighted by Crippen LogP contribution is -2.50. The van der Waals surface area contributed by atoms with Gasteiger partial charge >= 0.3 is 6.03 Å². The monoisotopic (exact) mass is 460 g/mol. The molecule has 1 fully saturated rings. The van der Waals surface area contributed by atoms with E-state index >= 15 is 0 Å². The number of hydrogen-bond acceptors (Lipinski definition) is 5. The van der Waals surface area contributed by atoms with E-state index in [4.69, 9.17) is 4.74 Å². The summed E-state index contributed by atoms with van der Waals surface area (Å²) in [6.07, 6.45) is 1.37. The molecular weight excluding hydrogens is 432 g/mol. The van der Waals surface area contributed by atoms with E-state index in [-0.39, 0.29) is 34.9 Å². The van der Waals surface area contributed by atoms with Crippen LogP contribution in [-0.4, -0.2) is 49.9 Å². The van der Waals surface area contributed by atoms with Crippen molar-refractivity contribution in [3.63, 3.8) is 0 Å². The van der Waals surface area contributed by atoms with Gasteiger partial charge in [0.25, 0.3) is 5.56 Å². The van der Waals surface area contributed by atoms with Crippen LogP contribution < -0.4 is 20.3 Å². The Labute approximate surface area is 187 Å². The molecule has 172 valence electrons. The third-order valence-electron chi connectivity index (χ3n) is 5.97. The zero-order chi connectivity index (χ0) is 22.9. The third-order valence-corrected chi connectivity index (χ3v) is 7.45. The van der Waals surface area contributed by atoms with Gasteiger partial charge < -0.3 is 19.5 Å². The number of urea groups is 1. The fourth-order valence-electron chi connectivity index (χ4n) is 4.55. The number of ether oxygens (including phenoxy) is 1. The van der Waals surface area contributed by atoms with Crippen molar-refractivity contribution in [2.75, 3.05) is 36.0 Å². The van der Waals surface area contributed by atoms with Crippen molar-refractivity contribution in [1.82, 2.24) is 9.47 Å². The number of carbonyl (C=O) groups is 1. The first-order valence-corrected chi connectivity index (χ1v) is 12.4. The molecule has 2 amide bonds. The molecule has 2 aromatic rings. The summed E-state index contributed by atoms with van der Waals surface area (Å²) in [5.41, 5.74) is 1.28. The minimum Gasteiger partial charge on any atom is -0.497 e. The summed E-state index contributed by atoms with van der Waals surface area (Å²) < 4.78 is 33.4. The molecule has 3 heterocycles. The number of pyridine rings is 1. The maximum Gasteiger partial charge on any atom is 0.321 e. The number of piperidine rings is 1. The second kappa shape index (κ2) is 8.85. The van der Waals surface area contributed by atoms with Crippen LogP contribution in [0.15, 0.2) is 41.2 Å². The van der Waals surface area contributed by atoms with Gasteiger partial charge in [0, 0.05) is 36.9 Å². The summed E-state index contributed by atoms with van der Waals surface area (Å²) >= 11 is 0. The Balaban J connectivity index is 1.50. The standard InChI is InChI=1S/C22H28N4O5S/c1-3-10-32(29,30)24-19-8-9-20-16-11-15(13-26(20)21(19)27)12-25(14-16)22(28)23-17-4-6-18(31-2)7-5-17/h4-9,15-16,24H,3,10-14H2,1-2H3,(H,23,28)/t15-,16-/m1/s1. The van der Waals surface area contributed by atoms with E-state index in [0.717, 1.165) is 12.1 Å². The molecule has 4 rings (SSSR count). The second-order valence-corrected chi connectivity index (χ2v) is 10.2. The average Bonchev–Trinajstić information content (AvgIpc) is 2.76. The van der Waals surface area contributed by atoms with Crippen LogP contribution >= 0.6 is 0 Å². The molecule has 0 aliphatic carbocycles. The molecular formula is C22H28N4O5S. The van der Waals surface area contributed by atoms with E-state index in [9.17, 15) is 18.0 Å². The molecule has 32 heavy (non-hydrogen) atoms. The summed E-state index contributed by atoms with van der Waals surface area (Å²) in [5, 5.41) is 2.92. The van der Waals surface area contributed by atoms with Gasteiger partial charge in [-0.2, -0.15) is 0 Å². The summed E-state index contributed by atoms with van der Waals surface area (Å²) in [6, 6.07) is 10.3. The normalized spacial score (nSPS) is 19.8. The molecule has 0 unspecified atom stereocenters. The van der Waals surface area contributed by atoms with Gasteiger partial charge in [-0.1, -0.05) is 6.92 Å². The third kappa shape index (κ3) is 4.59. The maximum absolute atomic E-state index is 13.0. The quantitative estimate of drug-likeness (QED) is 0.689. The van der Waals surface area contributed by atoms with Gasteiger partial charge in [0.2, 0.25) is 10.0 Å². The lowest BCUT2D eigenvalue weighted by Gasteiger charge is -2.42. The van der Waals surface area contributed by atoms with Crippen LogP contribution in [0.5, 0.6) is 5.75 Å². The largest absolute Gasteiger partial charge is 0.497 e. The SMILES string of the molecule is CCCS(=O)(=O)Nc1ccc2n(c1=O)C[C@@H]1C[C@@H]2CN(C(=O)Nc2ccc(OC)cc2)C1. The van der Waals surface area contributed by atoms with Crippen LogP contribution in [0.2, 0.25) is 0 Å². The molecule has 2 aliphatic heterocycles. The first kappa shape index (κ1) is 22.2. The maximum atomic E-state index is 13.0. The van der Waals surface area contributed by atoms with E-state index < -0.39 is 10.0 Å². The van der Waals surface area contributed by atoms with Crippen molar-refractivity contribution < 1.29 is 17.9 Å². The van der Waals surface area contributed by atoms with Crippen molar-refractivity contribution >= 4 is 27.4 Å². The van der Waals surface area contributed by atoms with Crippen LogP contribution in [0.1, 0.15) is 31.4 Å². The highest BCUT2D eigenvalue weighted by Gasteiger charge is 2.37. The first-order valence-electron chi connectivity index (χ1n) is 10.7. The van der Waals surface area contributed by atoms with Crippen molar-refractivity contribution in [2.24, 2.45) is 5.92 Å². The smallest absolute Gasteiger partial charge is 0.321 e. The van der Waals surface area contributed by atoms with E-state index in [2.05, 4.69) is 10.0 Å². The number of nitrogens with one attached hydrogen (secondary N) is 2. The molecule has 2 N–H and O–H groups in total. The Hall–Kier alpha value is -3.01. The van der Waals surface area contributed by atoms with Crippen LogP contribution in [0.3, 0.4) is 0 Å². The molecule has 1 saturated heterocycles. The van der Waals surface area contributed by atoms with E-state index in [1.165, 1.54) is 6.07 Å². The molecule has 10 heteroatoms. The van der Waals surface area contributed by atoms with Gasteiger partial charge in [-0.25, -0.2) is 13.2 Å². The van der Waals surface area contributed by atoms with Gasteiger partial charge in [-0.3, -0.25) is 9.52 Å². The van der Waals surface area contributed by atoms with Crippen molar-refractivity contribution in [3.8, 4) is 5.75 Å². The fraction of sp³-hybridized carbons (Fsp3) is 0.455. The number of aromatic nitrogens is 1. The number of hydrogen-bond donors (Lipinski definition) is 2. The minimum atomic E-state index is -3.54. The topological polar surface area (TPSA) is 110 Å². The number of carbonyl (C=O) groups excluding carboxylic acids is 1. The van der Waals surface area contributed by atoms with Crippen LogP contribution in [0, 0.1) is 5.92 Å². The summed E-state index contributed by atoms with van der Waals surface area (Å²) in [5.74, 6) is 0.840. The molecule has 1 aromatic carbocycles. The van der Waals surface area contributed by atoms with Gasteiger partial charge in [0.05, 0.1) is 12.9 Å². The first-order chi connectivity index (χ1) is 15.3. The van der Waals surface area contributed by atoms with Gasteiger partial charge in [-0.05, 0) is 55.2 Å². The van der Waals surface area contributed by atoms with E-state index in [1.54, 1.807) is 53.8 Å². The summed E-state index contributed by atoms with van der Waals surface area (Å²) in [7, 11) is -1.95. The summed E-state index contributed by atoms with van der Waals surface area (Å²) in [6.45, 7) is 3.27. The summed E-state index contributed by atoms with van der Waals surface area (Å²) in [4.78, 5) is 27.6. The van der Waals surface area contributed by atoms with Gasteiger partial charge in [0.1, 0.15) is 11.4 Å².